The van der Waals surface area contributed by atoms with Gasteiger partial charge in [-0.2, -0.15) is 0 Å². The van der Waals surface area contributed by atoms with Crippen LogP contribution in [0.5, 0.6) is 11.6 Å². The van der Waals surface area contributed by atoms with E-state index in [0.717, 1.165) is 11.3 Å². The van der Waals surface area contributed by atoms with Gasteiger partial charge in [-0.1, -0.05) is 18.2 Å². The SMILES string of the molecule is COc1ccc(C(=O)N(C)Cc2ccccc2OC)cn1. The summed E-state index contributed by atoms with van der Waals surface area (Å²) in [6, 6.07) is 11.0. The van der Waals surface area contributed by atoms with Crippen LogP contribution in [0.4, 0.5) is 0 Å². The van der Waals surface area contributed by atoms with E-state index in [9.17, 15) is 4.79 Å². The summed E-state index contributed by atoms with van der Waals surface area (Å²) in [6.07, 6.45) is 1.51. The predicted molar refractivity (Wildman–Crippen MR) is 79.6 cm³/mol. The van der Waals surface area contributed by atoms with Crippen LogP contribution in [0, 0.1) is 0 Å². The number of methoxy groups -OCH3 is 2. The lowest BCUT2D eigenvalue weighted by molar-refractivity contribution is 0.0783. The van der Waals surface area contributed by atoms with Gasteiger partial charge in [-0.15, -0.1) is 0 Å². The third kappa shape index (κ3) is 3.51. The molecule has 1 aromatic heterocycles. The van der Waals surface area contributed by atoms with Crippen LogP contribution in [-0.2, 0) is 6.54 Å². The van der Waals surface area contributed by atoms with Crippen molar-refractivity contribution < 1.29 is 14.3 Å². The average Bonchev–Trinajstić information content (AvgIpc) is 2.54. The molecule has 21 heavy (non-hydrogen) atoms. The van der Waals surface area contributed by atoms with Gasteiger partial charge < -0.3 is 14.4 Å². The van der Waals surface area contributed by atoms with Gasteiger partial charge in [0.05, 0.1) is 19.8 Å². The molecule has 110 valence electrons. The molecule has 0 fully saturated rings. The van der Waals surface area contributed by atoms with Gasteiger partial charge in [0.1, 0.15) is 5.75 Å². The van der Waals surface area contributed by atoms with Crippen molar-refractivity contribution in [2.24, 2.45) is 0 Å². The van der Waals surface area contributed by atoms with Crippen molar-refractivity contribution in [3.8, 4) is 11.6 Å². The molecule has 0 aliphatic heterocycles. The molecule has 2 rings (SSSR count). The van der Waals surface area contributed by atoms with E-state index in [0.29, 0.717) is 18.0 Å². The molecule has 5 heteroatoms. The van der Waals surface area contributed by atoms with Gasteiger partial charge in [-0.05, 0) is 12.1 Å². The fraction of sp³-hybridized carbons (Fsp3) is 0.250. The van der Waals surface area contributed by atoms with E-state index in [1.54, 1.807) is 31.2 Å². The van der Waals surface area contributed by atoms with Crippen LogP contribution >= 0.6 is 0 Å². The van der Waals surface area contributed by atoms with Crippen molar-refractivity contribution in [3.05, 3.63) is 53.7 Å². The third-order valence-electron chi connectivity index (χ3n) is 3.14. The van der Waals surface area contributed by atoms with Gasteiger partial charge in [-0.25, -0.2) is 4.98 Å². The highest BCUT2D eigenvalue weighted by Crippen LogP contribution is 2.19. The van der Waals surface area contributed by atoms with Crippen LogP contribution < -0.4 is 9.47 Å². The number of nitrogens with zero attached hydrogens (tertiary/aromatic N) is 2. The summed E-state index contributed by atoms with van der Waals surface area (Å²) in [4.78, 5) is 18.0. The molecule has 0 saturated carbocycles. The number of para-hydroxylation sites is 1. The monoisotopic (exact) mass is 286 g/mol. The van der Waals surface area contributed by atoms with Crippen LogP contribution in [0.1, 0.15) is 15.9 Å². The lowest BCUT2D eigenvalue weighted by Crippen LogP contribution is -2.26. The molecule has 0 N–H and O–H groups in total. The summed E-state index contributed by atoms with van der Waals surface area (Å²) in [5.41, 5.74) is 1.48. The maximum absolute atomic E-state index is 12.4. The Kier molecular flexibility index (Phi) is 4.77. The molecule has 0 saturated heterocycles. The molecule has 1 aromatic carbocycles. The number of pyridine rings is 1. The second-order valence-electron chi connectivity index (χ2n) is 4.56. The number of ether oxygens (including phenoxy) is 2. The summed E-state index contributed by atoms with van der Waals surface area (Å²) >= 11 is 0. The highest BCUT2D eigenvalue weighted by Gasteiger charge is 2.14. The predicted octanol–water partition coefficient (Wildman–Crippen LogP) is 2.37. The topological polar surface area (TPSA) is 51.7 Å². The van der Waals surface area contributed by atoms with Crippen molar-refractivity contribution in [1.29, 1.82) is 0 Å². The zero-order valence-electron chi connectivity index (χ0n) is 12.4. The lowest BCUT2D eigenvalue weighted by atomic mass is 10.1. The zero-order valence-corrected chi connectivity index (χ0v) is 12.4. The van der Waals surface area contributed by atoms with Gasteiger partial charge in [-0.3, -0.25) is 4.79 Å². The summed E-state index contributed by atoms with van der Waals surface area (Å²) in [6.45, 7) is 0.467. The van der Waals surface area contributed by atoms with E-state index in [4.69, 9.17) is 9.47 Å². The van der Waals surface area contributed by atoms with Crippen LogP contribution in [0.3, 0.4) is 0 Å². The average molecular weight is 286 g/mol. The van der Waals surface area contributed by atoms with E-state index < -0.39 is 0 Å². The second-order valence-corrected chi connectivity index (χ2v) is 4.56. The van der Waals surface area contributed by atoms with Crippen LogP contribution in [0.15, 0.2) is 42.6 Å². The number of carbonyl (C=O) groups excluding carboxylic acids is 1. The first-order valence-electron chi connectivity index (χ1n) is 6.53. The minimum atomic E-state index is -0.101. The summed E-state index contributed by atoms with van der Waals surface area (Å²) in [5, 5.41) is 0. The lowest BCUT2D eigenvalue weighted by Gasteiger charge is -2.18. The first-order chi connectivity index (χ1) is 10.2. The van der Waals surface area contributed by atoms with Crippen molar-refractivity contribution >= 4 is 5.91 Å². The van der Waals surface area contributed by atoms with Gasteiger partial charge in [0, 0.05) is 31.4 Å². The number of amides is 1. The molecule has 1 heterocycles. The first-order valence-corrected chi connectivity index (χ1v) is 6.53. The Morgan fingerprint density at radius 3 is 2.52 bits per heavy atom. The minimum absolute atomic E-state index is 0.101. The Bertz CT molecular complexity index is 611. The fourth-order valence-corrected chi connectivity index (χ4v) is 2.01. The molecule has 5 nitrogen and oxygen atoms in total. The zero-order chi connectivity index (χ0) is 15.2. The van der Waals surface area contributed by atoms with Crippen molar-refractivity contribution in [2.45, 2.75) is 6.54 Å². The van der Waals surface area contributed by atoms with E-state index in [1.165, 1.54) is 13.3 Å². The van der Waals surface area contributed by atoms with Gasteiger partial charge >= 0.3 is 0 Å². The molecule has 0 aliphatic rings. The minimum Gasteiger partial charge on any atom is -0.496 e. The summed E-state index contributed by atoms with van der Waals surface area (Å²) < 4.78 is 10.3. The first kappa shape index (κ1) is 14.8. The number of benzene rings is 1. The number of rotatable bonds is 5. The standard InChI is InChI=1S/C16H18N2O3/c1-18(11-13-6-4-5-7-14(13)20-2)16(19)12-8-9-15(21-3)17-10-12/h4-10H,11H2,1-3H3. The van der Waals surface area contributed by atoms with E-state index in [1.807, 2.05) is 24.3 Å². The molecule has 0 bridgehead atoms. The molecule has 0 radical (unpaired) electrons. The van der Waals surface area contributed by atoms with Gasteiger partial charge in [0.2, 0.25) is 5.88 Å². The second kappa shape index (κ2) is 6.74. The quantitative estimate of drug-likeness (QED) is 0.846. The Hall–Kier alpha value is -2.56. The highest BCUT2D eigenvalue weighted by molar-refractivity contribution is 5.93. The highest BCUT2D eigenvalue weighted by atomic mass is 16.5. The Balaban J connectivity index is 2.11. The normalized spacial score (nSPS) is 10.0. The van der Waals surface area contributed by atoms with Gasteiger partial charge in [0.25, 0.3) is 5.91 Å². The molecule has 0 aliphatic carbocycles. The van der Waals surface area contributed by atoms with Crippen LogP contribution in [-0.4, -0.2) is 37.1 Å². The molecule has 0 atom stereocenters. The molecule has 2 aromatic rings. The van der Waals surface area contributed by atoms with Gasteiger partial charge in [0.15, 0.2) is 0 Å². The van der Waals surface area contributed by atoms with Crippen molar-refractivity contribution in [2.75, 3.05) is 21.3 Å². The van der Waals surface area contributed by atoms with Crippen molar-refractivity contribution in [1.82, 2.24) is 9.88 Å². The van der Waals surface area contributed by atoms with Crippen molar-refractivity contribution in [3.63, 3.8) is 0 Å². The molecular formula is C16H18N2O3. The Morgan fingerprint density at radius 2 is 1.90 bits per heavy atom. The summed E-state index contributed by atoms with van der Waals surface area (Å²) in [5.74, 6) is 1.15. The Labute approximate surface area is 124 Å². The van der Waals surface area contributed by atoms with E-state index in [2.05, 4.69) is 4.98 Å². The largest absolute Gasteiger partial charge is 0.496 e. The van der Waals surface area contributed by atoms with E-state index in [-0.39, 0.29) is 5.91 Å². The fourth-order valence-electron chi connectivity index (χ4n) is 2.01. The number of carbonyl (C=O) groups is 1. The maximum atomic E-state index is 12.4. The van der Waals surface area contributed by atoms with Crippen LogP contribution in [0.2, 0.25) is 0 Å². The maximum Gasteiger partial charge on any atom is 0.255 e. The smallest absolute Gasteiger partial charge is 0.255 e. The molecule has 0 unspecified atom stereocenters. The number of aromatic nitrogens is 1. The molecule has 0 spiro atoms. The molecular weight excluding hydrogens is 268 g/mol. The Morgan fingerprint density at radius 1 is 1.14 bits per heavy atom. The third-order valence-corrected chi connectivity index (χ3v) is 3.14. The number of hydrogen-bond acceptors (Lipinski definition) is 4. The van der Waals surface area contributed by atoms with E-state index >= 15 is 0 Å². The number of hydrogen-bond donors (Lipinski definition) is 0. The summed E-state index contributed by atoms with van der Waals surface area (Å²) in [7, 11) is 4.91. The molecule has 1 amide bonds. The van der Waals surface area contributed by atoms with Crippen LogP contribution in [0.25, 0.3) is 0 Å².